The molecule has 6 heteroatoms. The molecule has 6 nitrogen and oxygen atoms in total. The molecule has 0 spiro atoms. The van der Waals surface area contributed by atoms with E-state index < -0.39 is 6.03 Å². The molecule has 1 aliphatic rings. The molecule has 1 fully saturated rings. The Balaban J connectivity index is 0.000000810. The van der Waals surface area contributed by atoms with Gasteiger partial charge in [0.25, 0.3) is 0 Å². The number of urea groups is 1. The summed E-state index contributed by atoms with van der Waals surface area (Å²) >= 11 is 0. The lowest BCUT2D eigenvalue weighted by Crippen LogP contribution is -2.44. The third-order valence-corrected chi connectivity index (χ3v) is 1.13. The van der Waals surface area contributed by atoms with Crippen LogP contribution in [0.2, 0.25) is 0 Å². The number of hydrazine groups is 1. The second-order valence-corrected chi connectivity index (χ2v) is 1.90. The summed E-state index contributed by atoms with van der Waals surface area (Å²) in [6.45, 7) is 2.41. The second kappa shape index (κ2) is 4.04. The Hall–Kier alpha value is -0.850. The van der Waals surface area contributed by atoms with E-state index in [2.05, 4.69) is 10.7 Å². The van der Waals surface area contributed by atoms with Crippen molar-refractivity contribution in [2.75, 3.05) is 19.8 Å². The largest absolute Gasteiger partial charge is 0.351 e. The predicted octanol–water partition coefficient (Wildman–Crippen LogP) is -1.41. The molecule has 7 N–H and O–H groups in total. The zero-order valence-corrected chi connectivity index (χ0v) is 5.76. The van der Waals surface area contributed by atoms with Crippen molar-refractivity contribution in [3.8, 4) is 0 Å². The molecule has 1 aliphatic heterocycles. The average Bonchev–Trinajstić information content (AvgIpc) is 2.15. The van der Waals surface area contributed by atoms with Crippen LogP contribution in [0.15, 0.2) is 0 Å². The highest BCUT2D eigenvalue weighted by Gasteiger charge is 2.10. The standard InChI is InChI=1S/C4H10N4O.H3N/c5-4(9)7-8-2-1-6-3-8;/h6H,1-3H2,(H3,5,7,9);1H3. The summed E-state index contributed by atoms with van der Waals surface area (Å²) in [5.74, 6) is 0. The molecule has 0 radical (unpaired) electrons. The molecule has 0 bridgehead atoms. The third kappa shape index (κ3) is 2.62. The number of nitrogens with two attached hydrogens (primary N) is 1. The molecule has 2 amide bonds. The monoisotopic (exact) mass is 147 g/mol. The highest BCUT2D eigenvalue weighted by Crippen LogP contribution is 1.84. The normalized spacial score (nSPS) is 18.0. The topological polar surface area (TPSA) is 105 Å². The molecule has 0 aliphatic carbocycles. The molecule has 0 aromatic rings. The van der Waals surface area contributed by atoms with E-state index in [4.69, 9.17) is 5.73 Å². The van der Waals surface area contributed by atoms with E-state index in [0.717, 1.165) is 13.1 Å². The zero-order chi connectivity index (χ0) is 6.69. The van der Waals surface area contributed by atoms with Gasteiger partial charge in [-0.2, -0.15) is 0 Å². The van der Waals surface area contributed by atoms with Gasteiger partial charge in [0.15, 0.2) is 0 Å². The van der Waals surface area contributed by atoms with Gasteiger partial charge < -0.3 is 17.2 Å². The summed E-state index contributed by atoms with van der Waals surface area (Å²) in [5, 5.41) is 4.76. The van der Waals surface area contributed by atoms with Crippen LogP contribution in [0.25, 0.3) is 0 Å². The van der Waals surface area contributed by atoms with Gasteiger partial charge in [0.1, 0.15) is 0 Å². The first kappa shape index (κ1) is 9.15. The van der Waals surface area contributed by atoms with Crippen LogP contribution in [-0.2, 0) is 0 Å². The number of carbonyl (C=O) groups is 1. The van der Waals surface area contributed by atoms with Gasteiger partial charge in [-0.25, -0.2) is 9.80 Å². The highest BCUT2D eigenvalue weighted by molar-refractivity contribution is 5.70. The van der Waals surface area contributed by atoms with Crippen molar-refractivity contribution in [1.29, 1.82) is 0 Å². The maximum absolute atomic E-state index is 10.2. The van der Waals surface area contributed by atoms with Gasteiger partial charge in [-0.3, -0.25) is 5.43 Å². The van der Waals surface area contributed by atoms with Crippen LogP contribution in [0.3, 0.4) is 0 Å². The van der Waals surface area contributed by atoms with Crippen LogP contribution in [0.4, 0.5) is 4.79 Å². The number of carbonyl (C=O) groups excluding carboxylic acids is 1. The summed E-state index contributed by atoms with van der Waals surface area (Å²) in [6.07, 6.45) is 0. The van der Waals surface area contributed by atoms with Crippen LogP contribution in [0.1, 0.15) is 0 Å². The summed E-state index contributed by atoms with van der Waals surface area (Å²) in [4.78, 5) is 10.2. The maximum Gasteiger partial charge on any atom is 0.326 e. The molecule has 1 heterocycles. The van der Waals surface area contributed by atoms with E-state index in [0.29, 0.717) is 6.67 Å². The summed E-state index contributed by atoms with van der Waals surface area (Å²) < 4.78 is 0. The van der Waals surface area contributed by atoms with E-state index in [1.807, 2.05) is 0 Å². The first-order chi connectivity index (χ1) is 4.29. The Morgan fingerprint density at radius 2 is 2.40 bits per heavy atom. The molecule has 0 unspecified atom stereocenters. The summed E-state index contributed by atoms with van der Waals surface area (Å²) in [6, 6.07) is -0.501. The fraction of sp³-hybridized carbons (Fsp3) is 0.750. The van der Waals surface area contributed by atoms with Gasteiger partial charge in [-0.15, -0.1) is 0 Å². The van der Waals surface area contributed by atoms with Gasteiger partial charge in [-0.1, -0.05) is 0 Å². The Bertz CT molecular complexity index is 110. The molecule has 0 saturated carbocycles. The van der Waals surface area contributed by atoms with Gasteiger partial charge in [-0.05, 0) is 0 Å². The molecular formula is C4H13N5O. The quantitative estimate of drug-likeness (QED) is 0.366. The molecule has 0 atom stereocenters. The van der Waals surface area contributed by atoms with Gasteiger partial charge >= 0.3 is 6.03 Å². The van der Waals surface area contributed by atoms with Gasteiger partial charge in [0.05, 0.1) is 6.67 Å². The number of nitrogens with one attached hydrogen (secondary N) is 2. The van der Waals surface area contributed by atoms with Crippen LogP contribution >= 0.6 is 0 Å². The maximum atomic E-state index is 10.2. The van der Waals surface area contributed by atoms with Gasteiger partial charge in [0.2, 0.25) is 0 Å². The van der Waals surface area contributed by atoms with E-state index in [-0.39, 0.29) is 6.15 Å². The van der Waals surface area contributed by atoms with Crippen molar-refractivity contribution in [3.05, 3.63) is 0 Å². The van der Waals surface area contributed by atoms with Crippen molar-refractivity contribution in [3.63, 3.8) is 0 Å². The number of rotatable bonds is 1. The van der Waals surface area contributed by atoms with E-state index in [1.54, 1.807) is 5.01 Å². The minimum Gasteiger partial charge on any atom is -0.351 e. The minimum absolute atomic E-state index is 0. The fourth-order valence-electron chi connectivity index (χ4n) is 0.758. The van der Waals surface area contributed by atoms with Crippen molar-refractivity contribution >= 4 is 6.03 Å². The van der Waals surface area contributed by atoms with Crippen LogP contribution < -0.4 is 22.6 Å². The predicted molar refractivity (Wildman–Crippen MR) is 37.3 cm³/mol. The Morgan fingerprint density at radius 3 is 2.80 bits per heavy atom. The molecule has 0 aromatic heterocycles. The third-order valence-electron chi connectivity index (χ3n) is 1.13. The van der Waals surface area contributed by atoms with Crippen LogP contribution in [0.5, 0.6) is 0 Å². The Kier molecular flexibility index (Phi) is 3.70. The van der Waals surface area contributed by atoms with Crippen molar-refractivity contribution < 1.29 is 4.79 Å². The van der Waals surface area contributed by atoms with Crippen molar-refractivity contribution in [2.24, 2.45) is 5.73 Å². The smallest absolute Gasteiger partial charge is 0.326 e. The second-order valence-electron chi connectivity index (χ2n) is 1.90. The molecule has 1 rings (SSSR count). The van der Waals surface area contributed by atoms with E-state index >= 15 is 0 Å². The molecule has 10 heavy (non-hydrogen) atoms. The van der Waals surface area contributed by atoms with E-state index in [9.17, 15) is 4.79 Å². The number of primary amides is 1. The molecule has 60 valence electrons. The van der Waals surface area contributed by atoms with Crippen LogP contribution in [-0.4, -0.2) is 30.8 Å². The Morgan fingerprint density at radius 1 is 1.70 bits per heavy atom. The molecular weight excluding hydrogens is 134 g/mol. The van der Waals surface area contributed by atoms with Gasteiger partial charge in [0, 0.05) is 13.1 Å². The summed E-state index contributed by atoms with van der Waals surface area (Å²) in [7, 11) is 0. The van der Waals surface area contributed by atoms with E-state index in [1.165, 1.54) is 0 Å². The van der Waals surface area contributed by atoms with Crippen molar-refractivity contribution in [2.45, 2.75) is 0 Å². The lowest BCUT2D eigenvalue weighted by atomic mass is 10.7. The fourth-order valence-corrected chi connectivity index (χ4v) is 0.758. The number of amides is 2. The first-order valence-corrected chi connectivity index (χ1v) is 2.81. The SMILES string of the molecule is N.NC(=O)NN1CCNC1. The highest BCUT2D eigenvalue weighted by atomic mass is 16.2. The molecule has 0 aromatic carbocycles. The first-order valence-electron chi connectivity index (χ1n) is 2.81. The average molecular weight is 147 g/mol. The lowest BCUT2D eigenvalue weighted by Gasteiger charge is -2.12. The number of hydrogen-bond acceptors (Lipinski definition) is 4. The lowest BCUT2D eigenvalue weighted by molar-refractivity contribution is 0.204. The minimum atomic E-state index is -0.501. The number of hydrogen-bond donors (Lipinski definition) is 4. The van der Waals surface area contributed by atoms with Crippen molar-refractivity contribution in [1.82, 2.24) is 21.9 Å². The summed E-state index contributed by atoms with van der Waals surface area (Å²) in [5.41, 5.74) is 7.30. The molecule has 1 saturated heterocycles. The van der Waals surface area contributed by atoms with Crippen LogP contribution in [0, 0.1) is 0 Å². The number of nitrogens with zero attached hydrogens (tertiary/aromatic N) is 1. The Labute approximate surface area is 59.3 Å². The zero-order valence-electron chi connectivity index (χ0n) is 5.76.